The lowest BCUT2D eigenvalue weighted by Gasteiger charge is -2.03. The monoisotopic (exact) mass is 224 g/mol. The van der Waals surface area contributed by atoms with Crippen LogP contribution in [0.15, 0.2) is 29.2 Å². The molecule has 0 spiro atoms. The molecule has 78 valence electrons. The maximum absolute atomic E-state index is 5.73. The molecule has 0 aliphatic carbocycles. The van der Waals surface area contributed by atoms with Crippen molar-refractivity contribution in [3.63, 3.8) is 0 Å². The zero-order chi connectivity index (χ0) is 10.5. The summed E-state index contributed by atoms with van der Waals surface area (Å²) < 4.78 is 4.62. The second kappa shape index (κ2) is 4.75. The van der Waals surface area contributed by atoms with Gasteiger partial charge in [-0.3, -0.25) is 0 Å². The maximum atomic E-state index is 5.73. The van der Waals surface area contributed by atoms with Crippen LogP contribution in [0.2, 0.25) is 5.15 Å². The molecule has 2 aromatic heterocycles. The highest BCUT2D eigenvalue weighted by Crippen LogP contribution is 2.11. The molecule has 1 N–H and O–H groups in total. The summed E-state index contributed by atoms with van der Waals surface area (Å²) in [6.45, 7) is 0.722. The summed E-state index contributed by atoms with van der Waals surface area (Å²) in [4.78, 5) is 7.79. The topological polar surface area (TPSA) is 63.8 Å². The quantitative estimate of drug-likeness (QED) is 0.802. The number of aromatic nitrogens is 3. The molecule has 6 heteroatoms. The number of pyridine rings is 1. The largest absolute Gasteiger partial charge is 0.384 e. The summed E-state index contributed by atoms with van der Waals surface area (Å²) in [7, 11) is 0. The van der Waals surface area contributed by atoms with Crippen molar-refractivity contribution in [3.8, 4) is 0 Å². The molecule has 0 aromatic carbocycles. The molecule has 0 saturated heterocycles. The molecule has 0 bridgehead atoms. The molecule has 0 atom stereocenters. The van der Waals surface area contributed by atoms with Gasteiger partial charge in [-0.1, -0.05) is 16.8 Å². The Bertz CT molecular complexity index is 418. The molecule has 0 aliphatic heterocycles. The predicted molar refractivity (Wildman–Crippen MR) is 55.7 cm³/mol. The van der Waals surface area contributed by atoms with Gasteiger partial charge in [-0.25, -0.2) is 4.98 Å². The van der Waals surface area contributed by atoms with Gasteiger partial charge in [0.2, 0.25) is 6.39 Å². The minimum absolute atomic E-state index is 0.472. The summed E-state index contributed by atoms with van der Waals surface area (Å²) in [6.07, 6.45) is 3.67. The first kappa shape index (κ1) is 9.92. The molecule has 0 amide bonds. The fourth-order valence-corrected chi connectivity index (χ4v) is 1.31. The lowest BCUT2D eigenvalue weighted by atomic mass is 10.3. The lowest BCUT2D eigenvalue weighted by molar-refractivity contribution is 0.410. The first-order valence-corrected chi connectivity index (χ1v) is 4.83. The molecule has 2 aromatic rings. The molecule has 0 saturated carbocycles. The summed E-state index contributed by atoms with van der Waals surface area (Å²) in [5.74, 6) is 0.683. The molecule has 2 heterocycles. The number of hydrogen-bond acceptors (Lipinski definition) is 5. The van der Waals surface area contributed by atoms with Crippen molar-refractivity contribution >= 4 is 17.3 Å². The normalized spacial score (nSPS) is 10.2. The molecule has 15 heavy (non-hydrogen) atoms. The number of halogens is 1. The Balaban J connectivity index is 1.83. The second-order valence-corrected chi connectivity index (χ2v) is 3.28. The summed E-state index contributed by atoms with van der Waals surface area (Å²) in [5.41, 5.74) is 0.929. The van der Waals surface area contributed by atoms with E-state index in [0.717, 1.165) is 12.2 Å². The van der Waals surface area contributed by atoms with Gasteiger partial charge in [0.25, 0.3) is 0 Å². The molecule has 5 nitrogen and oxygen atoms in total. The molecular formula is C9H9ClN4O. The summed E-state index contributed by atoms with van der Waals surface area (Å²) >= 11 is 5.73. The van der Waals surface area contributed by atoms with Crippen LogP contribution >= 0.6 is 11.6 Å². The predicted octanol–water partition coefficient (Wildman–Crippen LogP) is 1.77. The third kappa shape index (κ3) is 2.92. The van der Waals surface area contributed by atoms with E-state index in [2.05, 4.69) is 25.0 Å². The van der Waals surface area contributed by atoms with Gasteiger partial charge >= 0.3 is 0 Å². The number of nitrogens with zero attached hydrogens (tertiary/aromatic N) is 3. The van der Waals surface area contributed by atoms with E-state index in [1.807, 2.05) is 6.07 Å². The van der Waals surface area contributed by atoms with E-state index in [1.165, 1.54) is 6.39 Å². The van der Waals surface area contributed by atoms with Crippen molar-refractivity contribution in [2.45, 2.75) is 6.42 Å². The van der Waals surface area contributed by atoms with Crippen LogP contribution in [0.1, 0.15) is 5.82 Å². The van der Waals surface area contributed by atoms with Gasteiger partial charge in [-0.2, -0.15) is 4.98 Å². The van der Waals surface area contributed by atoms with Crippen molar-refractivity contribution in [1.29, 1.82) is 0 Å². The Morgan fingerprint density at radius 2 is 2.33 bits per heavy atom. The van der Waals surface area contributed by atoms with Crippen LogP contribution in [0.4, 0.5) is 5.69 Å². The highest BCUT2D eigenvalue weighted by Gasteiger charge is 1.98. The van der Waals surface area contributed by atoms with Crippen LogP contribution in [0.3, 0.4) is 0 Å². The van der Waals surface area contributed by atoms with E-state index in [9.17, 15) is 0 Å². The molecular weight excluding hydrogens is 216 g/mol. The van der Waals surface area contributed by atoms with Gasteiger partial charge in [-0.05, 0) is 12.1 Å². The number of anilines is 1. The zero-order valence-corrected chi connectivity index (χ0v) is 8.61. The fourth-order valence-electron chi connectivity index (χ4n) is 1.13. The molecule has 0 radical (unpaired) electrons. The third-order valence-corrected chi connectivity index (χ3v) is 2.02. The lowest BCUT2D eigenvalue weighted by Crippen LogP contribution is -2.05. The second-order valence-electron chi connectivity index (χ2n) is 2.89. The first-order valence-electron chi connectivity index (χ1n) is 4.45. The van der Waals surface area contributed by atoms with Gasteiger partial charge < -0.3 is 9.84 Å². The molecule has 0 aliphatic rings. The standard InChI is InChI=1S/C9H9ClN4O/c10-8-5-7(1-3-12-8)11-4-2-9-13-6-15-14-9/h1,3,5-6H,2,4H2,(H,11,12). The molecule has 0 fully saturated rings. The first-order chi connectivity index (χ1) is 7.34. The van der Waals surface area contributed by atoms with Gasteiger partial charge in [0, 0.05) is 24.8 Å². The van der Waals surface area contributed by atoms with E-state index in [-0.39, 0.29) is 0 Å². The van der Waals surface area contributed by atoms with Crippen LogP contribution in [-0.4, -0.2) is 21.7 Å². The van der Waals surface area contributed by atoms with Crippen molar-refractivity contribution < 1.29 is 4.52 Å². The van der Waals surface area contributed by atoms with E-state index < -0.39 is 0 Å². The van der Waals surface area contributed by atoms with Crippen LogP contribution in [0.5, 0.6) is 0 Å². The van der Waals surface area contributed by atoms with Gasteiger partial charge in [-0.15, -0.1) is 0 Å². The number of hydrogen-bond donors (Lipinski definition) is 1. The Kier molecular flexibility index (Phi) is 3.14. The van der Waals surface area contributed by atoms with Crippen molar-refractivity contribution in [2.75, 3.05) is 11.9 Å². The Hall–Kier alpha value is -1.62. The summed E-state index contributed by atoms with van der Waals surface area (Å²) in [5, 5.41) is 7.35. The van der Waals surface area contributed by atoms with Gasteiger partial charge in [0.1, 0.15) is 5.15 Å². The number of rotatable bonds is 4. The molecule has 0 unspecified atom stereocenters. The highest BCUT2D eigenvalue weighted by atomic mass is 35.5. The van der Waals surface area contributed by atoms with Crippen LogP contribution in [-0.2, 0) is 6.42 Å². The average Bonchev–Trinajstić information content (AvgIpc) is 2.71. The van der Waals surface area contributed by atoms with E-state index in [0.29, 0.717) is 17.4 Å². The van der Waals surface area contributed by atoms with E-state index >= 15 is 0 Å². The highest BCUT2D eigenvalue weighted by molar-refractivity contribution is 6.29. The van der Waals surface area contributed by atoms with E-state index in [4.69, 9.17) is 11.6 Å². The van der Waals surface area contributed by atoms with Crippen LogP contribution in [0.25, 0.3) is 0 Å². The van der Waals surface area contributed by atoms with E-state index in [1.54, 1.807) is 12.3 Å². The van der Waals surface area contributed by atoms with Crippen molar-refractivity contribution in [3.05, 3.63) is 35.7 Å². The zero-order valence-electron chi connectivity index (χ0n) is 7.85. The smallest absolute Gasteiger partial charge is 0.213 e. The van der Waals surface area contributed by atoms with Crippen LogP contribution < -0.4 is 5.32 Å². The van der Waals surface area contributed by atoms with Crippen molar-refractivity contribution in [2.24, 2.45) is 0 Å². The van der Waals surface area contributed by atoms with Gasteiger partial charge in [0.05, 0.1) is 0 Å². The fraction of sp³-hybridized carbons (Fsp3) is 0.222. The van der Waals surface area contributed by atoms with Gasteiger partial charge in [0.15, 0.2) is 5.82 Å². The number of nitrogens with one attached hydrogen (secondary N) is 1. The Morgan fingerprint density at radius 3 is 3.07 bits per heavy atom. The third-order valence-electron chi connectivity index (χ3n) is 1.81. The maximum Gasteiger partial charge on any atom is 0.213 e. The minimum atomic E-state index is 0.472. The summed E-state index contributed by atoms with van der Waals surface area (Å²) in [6, 6.07) is 3.61. The SMILES string of the molecule is Clc1cc(NCCc2ncon2)ccn1. The van der Waals surface area contributed by atoms with Crippen LogP contribution in [0, 0.1) is 0 Å². The van der Waals surface area contributed by atoms with Crippen molar-refractivity contribution in [1.82, 2.24) is 15.1 Å². The molecule has 2 rings (SSSR count). The Labute approximate surface area is 91.5 Å². The Morgan fingerprint density at radius 1 is 1.40 bits per heavy atom. The average molecular weight is 225 g/mol. The minimum Gasteiger partial charge on any atom is -0.384 e.